The molecule has 6 fully saturated rings. The molecule has 37 nitrogen and oxygen atoms in total. The molecule has 0 spiro atoms. The summed E-state index contributed by atoms with van der Waals surface area (Å²) in [6, 6.07) is -1.54. The number of nitrogens with two attached hydrogens (primary N) is 1. The van der Waals surface area contributed by atoms with Crippen molar-refractivity contribution in [3.05, 3.63) is 0 Å². The Morgan fingerprint density at radius 3 is 1.29 bits per heavy atom. The van der Waals surface area contributed by atoms with Crippen LogP contribution in [0.2, 0.25) is 0 Å². The maximum atomic E-state index is 11.7. The van der Waals surface area contributed by atoms with Crippen LogP contribution in [0.15, 0.2) is 0 Å². The zero-order valence-corrected chi connectivity index (χ0v) is 40.3. The zero-order chi connectivity index (χ0) is 55.8. The summed E-state index contributed by atoms with van der Waals surface area (Å²) < 4.78 is 92.6. The third-order valence-electron chi connectivity index (χ3n) is 12.9. The lowest BCUT2D eigenvalue weighted by molar-refractivity contribution is -0.380. The molecule has 0 aromatic heterocycles. The van der Waals surface area contributed by atoms with Gasteiger partial charge in [0.25, 0.3) is 0 Å². The monoisotopic (exact) mass is 1150 g/mol. The molecule has 6 aliphatic heterocycles. The van der Waals surface area contributed by atoms with Gasteiger partial charge in [0.15, 0.2) is 37.7 Å². The van der Waals surface area contributed by atoms with Crippen LogP contribution in [0.5, 0.6) is 0 Å². The van der Waals surface area contributed by atoms with Crippen LogP contribution >= 0.6 is 15.6 Å². The molecule has 0 radical (unpaired) electrons. The molecule has 0 aliphatic carbocycles. The van der Waals surface area contributed by atoms with Crippen molar-refractivity contribution in [1.82, 2.24) is 0 Å². The molecule has 75 heavy (non-hydrogen) atoms. The highest BCUT2D eigenvalue weighted by molar-refractivity contribution is 7.46. The van der Waals surface area contributed by atoms with E-state index < -0.39 is 239 Å². The molecule has 0 bridgehead atoms. The summed E-state index contributed by atoms with van der Waals surface area (Å²) in [5.41, 5.74) is 5.76. The molecule has 6 rings (SSSR count). The summed E-state index contributed by atoms with van der Waals surface area (Å²) in [5.74, 6) is 0. The molecule has 0 aromatic carbocycles. The molecule has 440 valence electrons. The molecular weight excluding hydrogens is 1080 g/mol. The van der Waals surface area contributed by atoms with Crippen LogP contribution in [0.3, 0.4) is 0 Å². The van der Waals surface area contributed by atoms with E-state index in [1.165, 1.54) is 0 Å². The van der Waals surface area contributed by atoms with Crippen LogP contribution in [-0.2, 0) is 70.3 Å². The molecular formula is C36H65NO36P2. The summed E-state index contributed by atoms with van der Waals surface area (Å²) >= 11 is 0. The van der Waals surface area contributed by atoms with Crippen molar-refractivity contribution in [1.29, 1.82) is 0 Å². The second kappa shape index (κ2) is 26.3. The summed E-state index contributed by atoms with van der Waals surface area (Å²) in [6.07, 6.45) is -58.9. The van der Waals surface area contributed by atoms with Crippen molar-refractivity contribution in [2.45, 2.75) is 184 Å². The zero-order valence-electron chi connectivity index (χ0n) is 38.6. The Bertz CT molecular complexity index is 1880. The first-order valence-electron chi connectivity index (χ1n) is 22.7. The number of aliphatic hydroxyl groups is 17. The first-order chi connectivity index (χ1) is 35.0. The van der Waals surface area contributed by atoms with Gasteiger partial charge in [0.05, 0.1) is 45.7 Å². The minimum absolute atomic E-state index is 0.896. The van der Waals surface area contributed by atoms with Crippen molar-refractivity contribution in [3.8, 4) is 0 Å². The Hall–Kier alpha value is -0.940. The van der Waals surface area contributed by atoms with Gasteiger partial charge < -0.3 is 164 Å². The van der Waals surface area contributed by atoms with Crippen LogP contribution in [-0.4, -0.2) is 330 Å². The van der Waals surface area contributed by atoms with E-state index in [-0.39, 0.29) is 0 Å². The molecule has 6 aliphatic rings. The maximum absolute atomic E-state index is 11.7. The molecule has 0 aromatic rings. The number of hydrogen-bond acceptors (Lipinski definition) is 33. The van der Waals surface area contributed by atoms with E-state index in [9.17, 15) is 106 Å². The van der Waals surface area contributed by atoms with Crippen molar-refractivity contribution in [2.24, 2.45) is 5.73 Å². The van der Waals surface area contributed by atoms with Crippen molar-refractivity contribution in [3.63, 3.8) is 0 Å². The fourth-order valence-electron chi connectivity index (χ4n) is 8.76. The van der Waals surface area contributed by atoms with Gasteiger partial charge in [-0.05, 0) is 0 Å². The summed E-state index contributed by atoms with van der Waals surface area (Å²) in [5, 5.41) is 182. The first kappa shape index (κ1) is 63.2. The Morgan fingerprint density at radius 1 is 0.413 bits per heavy atom. The van der Waals surface area contributed by atoms with Crippen LogP contribution in [0.25, 0.3) is 0 Å². The van der Waals surface area contributed by atoms with Crippen LogP contribution < -0.4 is 5.73 Å². The largest absolute Gasteiger partial charge is 0.469 e. The van der Waals surface area contributed by atoms with Gasteiger partial charge in [-0.15, -0.1) is 0 Å². The van der Waals surface area contributed by atoms with Gasteiger partial charge in [-0.2, -0.15) is 0 Å². The number of ether oxygens (including phenoxy) is 11. The molecule has 1 unspecified atom stereocenters. The third-order valence-corrected chi connectivity index (χ3v) is 13.9. The normalized spacial score (nSPS) is 48.7. The van der Waals surface area contributed by atoms with Gasteiger partial charge >= 0.3 is 15.6 Å². The third kappa shape index (κ3) is 14.8. The number of phosphoric acid groups is 2. The fraction of sp³-hybridized carbons (Fsp3) is 1.00. The minimum Gasteiger partial charge on any atom is -0.394 e. The lowest BCUT2D eigenvalue weighted by Crippen LogP contribution is -2.67. The van der Waals surface area contributed by atoms with E-state index in [1.807, 2.05) is 0 Å². The Labute approximate surface area is 421 Å². The maximum Gasteiger partial charge on any atom is 0.469 e. The second-order valence-electron chi connectivity index (χ2n) is 18.1. The molecule has 23 N–H and O–H groups in total. The van der Waals surface area contributed by atoms with Crippen LogP contribution in [0.4, 0.5) is 0 Å². The van der Waals surface area contributed by atoms with E-state index in [4.69, 9.17) is 67.6 Å². The number of aliphatic hydroxyl groups excluding tert-OH is 17. The molecule has 30 atom stereocenters. The standard InChI is InChI=1S/C36H65NO36P2/c37-13-18(46)27(9(3-40)64-31(13)54)70-34-23(51)28(16(44)8(2-39)65-34)71-35-24(52)29(17(45)12(68-35)6-63-75(58,59)60)72-36-25(53)30(26(69-36)7(41)1-38)73-33-22(50)20(48)14(42)10(67-33)4-61-32-21(49)19(47)15(43)11(66-32)5-62-74(55,56)57/h7-36,38-54H,1-6,37H2,(H2,55,56,57)(H2,58,59,60)/t7-,8-,9-,10-,11-,12-,13-,14+,15+,16-,17-,18-,19+,20+,21-,22-,23+,24+,25-,26+,27-,28+,29+,30-,31?,32+,33-,34-,35-,36+/m1/s1. The molecule has 6 saturated heterocycles. The summed E-state index contributed by atoms with van der Waals surface area (Å²) in [6.45, 7) is -6.29. The van der Waals surface area contributed by atoms with Gasteiger partial charge in [0.1, 0.15) is 140 Å². The summed E-state index contributed by atoms with van der Waals surface area (Å²) in [4.78, 5) is 37.0. The Kier molecular flexibility index (Phi) is 22.2. The van der Waals surface area contributed by atoms with E-state index in [0.29, 0.717) is 0 Å². The molecule has 0 saturated carbocycles. The van der Waals surface area contributed by atoms with Gasteiger partial charge in [-0.1, -0.05) is 0 Å². The predicted octanol–water partition coefficient (Wildman–Crippen LogP) is -13.9. The average molecular weight is 1150 g/mol. The molecule has 6 heterocycles. The van der Waals surface area contributed by atoms with Crippen molar-refractivity contribution < 1.29 is 177 Å². The van der Waals surface area contributed by atoms with Crippen molar-refractivity contribution in [2.75, 3.05) is 39.6 Å². The van der Waals surface area contributed by atoms with E-state index in [0.717, 1.165) is 0 Å². The van der Waals surface area contributed by atoms with Crippen molar-refractivity contribution >= 4 is 15.6 Å². The molecule has 39 heteroatoms. The van der Waals surface area contributed by atoms with Crippen LogP contribution in [0, 0.1) is 0 Å². The number of hydrogen-bond donors (Lipinski definition) is 22. The topological polar surface area (TPSA) is 605 Å². The Balaban J connectivity index is 1.19. The minimum atomic E-state index is -5.38. The quantitative estimate of drug-likeness (QED) is 0.0475. The van der Waals surface area contributed by atoms with Gasteiger partial charge in [0, 0.05) is 0 Å². The van der Waals surface area contributed by atoms with Crippen LogP contribution in [0.1, 0.15) is 0 Å². The highest BCUT2D eigenvalue weighted by atomic mass is 31.2. The van der Waals surface area contributed by atoms with E-state index in [2.05, 4.69) is 9.05 Å². The lowest BCUT2D eigenvalue weighted by Gasteiger charge is -2.48. The lowest BCUT2D eigenvalue weighted by atomic mass is 9.95. The molecule has 0 amide bonds. The number of rotatable bonds is 21. The summed E-state index contributed by atoms with van der Waals surface area (Å²) in [7, 11) is -10.5. The SMILES string of the molecule is N[C@H]1C(O)O[C@H](CO)[C@@H](O[C@H]2O[C@H](CO)[C@@H](O)[C@H](O[C@H]3O[C@H](COP(=O)(O)O)[C@@H](O)[C@H](O[C@@H]4O[C@@H]([C@H](O)CO)[C@H](O[C@H]5O[C@H](CO[C@H]6O[C@H](COP(=O)(O)O)[C@H](O)[C@H](O)[C@H]6O)[C@H](O)[C@H](O)[C@H]5O)[C@H]4O)[C@@H]3O)[C@@H]2O)[C@@H]1O. The van der Waals surface area contributed by atoms with Gasteiger partial charge in [0.2, 0.25) is 0 Å². The highest BCUT2D eigenvalue weighted by Gasteiger charge is 2.58. The second-order valence-corrected chi connectivity index (χ2v) is 20.6. The predicted molar refractivity (Wildman–Crippen MR) is 223 cm³/mol. The van der Waals surface area contributed by atoms with Gasteiger partial charge in [-0.3, -0.25) is 9.05 Å². The average Bonchev–Trinajstić information content (AvgIpc) is 3.66. The highest BCUT2D eigenvalue weighted by Crippen LogP contribution is 2.41. The van der Waals surface area contributed by atoms with E-state index >= 15 is 0 Å². The van der Waals surface area contributed by atoms with Gasteiger partial charge in [-0.25, -0.2) is 9.13 Å². The smallest absolute Gasteiger partial charge is 0.394 e. The Morgan fingerprint density at radius 2 is 0.800 bits per heavy atom. The first-order valence-corrected chi connectivity index (χ1v) is 25.8. The fourth-order valence-corrected chi connectivity index (χ4v) is 9.45. The van der Waals surface area contributed by atoms with E-state index in [1.54, 1.807) is 0 Å². The number of phosphoric ester groups is 2.